The lowest BCUT2D eigenvalue weighted by atomic mass is 10.2. The molecule has 0 saturated carbocycles. The Hall–Kier alpha value is -2.76. The first-order valence-corrected chi connectivity index (χ1v) is 8.41. The molecule has 132 valence electrons. The fraction of sp³-hybridized carbons (Fsp3) is 0.0526. The molecule has 0 unspecified atom stereocenters. The number of amides is 1. The standard InChI is InChI=1S/C19H14Cl2N2O3/c20-17-8-3-13(10-18(17)21)12-26-15-6-4-14(5-7-15)19(24)23-22-11-16-2-1-9-25-16/h1-11H,12H2,(H,23,24). The summed E-state index contributed by atoms with van der Waals surface area (Å²) < 4.78 is 10.8. The molecule has 3 rings (SSSR count). The van der Waals surface area contributed by atoms with E-state index in [-0.39, 0.29) is 5.91 Å². The van der Waals surface area contributed by atoms with Crippen molar-refractivity contribution in [2.45, 2.75) is 6.61 Å². The highest BCUT2D eigenvalue weighted by Crippen LogP contribution is 2.23. The van der Waals surface area contributed by atoms with Crippen LogP contribution in [0.2, 0.25) is 10.0 Å². The molecular formula is C19H14Cl2N2O3. The van der Waals surface area contributed by atoms with Gasteiger partial charge in [-0.1, -0.05) is 29.3 Å². The Bertz CT molecular complexity index is 907. The Morgan fingerprint density at radius 2 is 1.92 bits per heavy atom. The predicted molar refractivity (Wildman–Crippen MR) is 101 cm³/mol. The maximum atomic E-state index is 12.0. The summed E-state index contributed by atoms with van der Waals surface area (Å²) in [6, 6.07) is 15.5. The molecule has 1 heterocycles. The number of rotatable bonds is 6. The quantitative estimate of drug-likeness (QED) is 0.480. The first-order chi connectivity index (χ1) is 12.6. The van der Waals surface area contributed by atoms with Crippen LogP contribution in [0, 0.1) is 0 Å². The first kappa shape index (κ1) is 18.0. The topological polar surface area (TPSA) is 63.8 Å². The van der Waals surface area contributed by atoms with Crippen LogP contribution in [-0.2, 0) is 6.61 Å². The van der Waals surface area contributed by atoms with Crippen molar-refractivity contribution in [3.63, 3.8) is 0 Å². The summed E-state index contributed by atoms with van der Waals surface area (Å²) in [6.07, 6.45) is 2.95. The van der Waals surface area contributed by atoms with E-state index in [1.807, 2.05) is 6.07 Å². The van der Waals surface area contributed by atoms with Crippen molar-refractivity contribution in [3.8, 4) is 5.75 Å². The van der Waals surface area contributed by atoms with Crippen molar-refractivity contribution in [1.29, 1.82) is 0 Å². The Balaban J connectivity index is 1.54. The van der Waals surface area contributed by atoms with Crippen LogP contribution in [0.5, 0.6) is 5.75 Å². The number of hydrogen-bond donors (Lipinski definition) is 1. The van der Waals surface area contributed by atoms with Crippen LogP contribution in [0.25, 0.3) is 0 Å². The second-order valence-corrected chi connectivity index (χ2v) is 6.09. The molecule has 0 atom stereocenters. The fourth-order valence-electron chi connectivity index (χ4n) is 2.08. The molecule has 26 heavy (non-hydrogen) atoms. The zero-order valence-electron chi connectivity index (χ0n) is 13.5. The van der Waals surface area contributed by atoms with E-state index in [1.165, 1.54) is 12.5 Å². The van der Waals surface area contributed by atoms with E-state index in [0.29, 0.717) is 33.7 Å². The van der Waals surface area contributed by atoms with Crippen LogP contribution in [0.3, 0.4) is 0 Å². The summed E-state index contributed by atoms with van der Waals surface area (Å²) in [5.41, 5.74) is 3.79. The lowest BCUT2D eigenvalue weighted by molar-refractivity contribution is 0.0955. The highest BCUT2D eigenvalue weighted by Gasteiger charge is 2.05. The van der Waals surface area contributed by atoms with E-state index >= 15 is 0 Å². The van der Waals surface area contributed by atoms with Gasteiger partial charge in [-0.15, -0.1) is 0 Å². The van der Waals surface area contributed by atoms with Gasteiger partial charge < -0.3 is 9.15 Å². The first-order valence-electron chi connectivity index (χ1n) is 7.65. The number of hydrogen-bond acceptors (Lipinski definition) is 4. The lowest BCUT2D eigenvalue weighted by Gasteiger charge is -2.08. The molecule has 0 fully saturated rings. The fourth-order valence-corrected chi connectivity index (χ4v) is 2.40. The summed E-state index contributed by atoms with van der Waals surface area (Å²) in [5, 5.41) is 4.81. The van der Waals surface area contributed by atoms with Gasteiger partial charge in [-0.3, -0.25) is 4.79 Å². The van der Waals surface area contributed by atoms with Gasteiger partial charge in [0.2, 0.25) is 0 Å². The highest BCUT2D eigenvalue weighted by atomic mass is 35.5. The van der Waals surface area contributed by atoms with Crippen LogP contribution in [0.15, 0.2) is 70.4 Å². The number of furan rings is 1. The molecule has 2 aromatic carbocycles. The normalized spacial score (nSPS) is 10.8. The van der Waals surface area contributed by atoms with Gasteiger partial charge in [0.25, 0.3) is 5.91 Å². The number of nitrogens with one attached hydrogen (secondary N) is 1. The van der Waals surface area contributed by atoms with E-state index in [1.54, 1.807) is 48.5 Å². The van der Waals surface area contributed by atoms with Gasteiger partial charge in [-0.2, -0.15) is 5.10 Å². The summed E-state index contributed by atoms with van der Waals surface area (Å²) in [5.74, 6) is 0.854. The van der Waals surface area contributed by atoms with Gasteiger partial charge in [0.1, 0.15) is 18.1 Å². The van der Waals surface area contributed by atoms with Gasteiger partial charge >= 0.3 is 0 Å². The Labute approximate surface area is 160 Å². The van der Waals surface area contributed by atoms with Crippen molar-refractivity contribution in [1.82, 2.24) is 5.43 Å². The molecule has 0 aliphatic rings. The van der Waals surface area contributed by atoms with Gasteiger partial charge in [-0.05, 0) is 54.1 Å². The number of benzene rings is 2. The average molecular weight is 389 g/mol. The Morgan fingerprint density at radius 3 is 2.62 bits per heavy atom. The lowest BCUT2D eigenvalue weighted by Crippen LogP contribution is -2.17. The number of hydrazone groups is 1. The van der Waals surface area contributed by atoms with E-state index in [4.69, 9.17) is 32.4 Å². The molecule has 1 N–H and O–H groups in total. The minimum absolute atomic E-state index is 0.330. The van der Waals surface area contributed by atoms with Crippen molar-refractivity contribution in [3.05, 3.63) is 87.8 Å². The largest absolute Gasteiger partial charge is 0.489 e. The number of carbonyl (C=O) groups is 1. The SMILES string of the molecule is O=C(NN=Cc1ccco1)c1ccc(OCc2ccc(Cl)c(Cl)c2)cc1. The van der Waals surface area contributed by atoms with Crippen molar-refractivity contribution < 1.29 is 13.9 Å². The van der Waals surface area contributed by atoms with Gasteiger partial charge in [-0.25, -0.2) is 5.43 Å². The zero-order chi connectivity index (χ0) is 18.4. The maximum absolute atomic E-state index is 12.0. The molecule has 3 aromatic rings. The Morgan fingerprint density at radius 1 is 1.12 bits per heavy atom. The van der Waals surface area contributed by atoms with E-state index in [9.17, 15) is 4.79 Å². The molecule has 0 bridgehead atoms. The van der Waals surface area contributed by atoms with E-state index in [0.717, 1.165) is 5.56 Å². The number of ether oxygens (including phenoxy) is 1. The molecule has 0 spiro atoms. The highest BCUT2D eigenvalue weighted by molar-refractivity contribution is 6.42. The molecule has 0 saturated heterocycles. The molecule has 1 amide bonds. The minimum atomic E-state index is -0.330. The molecule has 5 nitrogen and oxygen atoms in total. The van der Waals surface area contributed by atoms with E-state index < -0.39 is 0 Å². The van der Waals surface area contributed by atoms with Crippen molar-refractivity contribution in [2.24, 2.45) is 5.10 Å². The Kier molecular flexibility index (Phi) is 5.94. The maximum Gasteiger partial charge on any atom is 0.271 e. The van der Waals surface area contributed by atoms with Crippen LogP contribution < -0.4 is 10.2 Å². The minimum Gasteiger partial charge on any atom is -0.489 e. The van der Waals surface area contributed by atoms with Crippen LogP contribution in [0.4, 0.5) is 0 Å². The number of carbonyl (C=O) groups excluding carboxylic acids is 1. The number of halogens is 2. The monoisotopic (exact) mass is 388 g/mol. The van der Waals surface area contributed by atoms with Gasteiger partial charge in [0.05, 0.1) is 22.5 Å². The summed E-state index contributed by atoms with van der Waals surface area (Å²) in [7, 11) is 0. The van der Waals surface area contributed by atoms with Gasteiger partial charge in [0.15, 0.2) is 0 Å². The molecule has 0 radical (unpaired) electrons. The summed E-state index contributed by atoms with van der Waals surface area (Å²) in [4.78, 5) is 12.0. The second-order valence-electron chi connectivity index (χ2n) is 5.28. The third-order valence-electron chi connectivity index (χ3n) is 3.41. The molecular weight excluding hydrogens is 375 g/mol. The van der Waals surface area contributed by atoms with Crippen LogP contribution >= 0.6 is 23.2 Å². The van der Waals surface area contributed by atoms with Gasteiger partial charge in [0, 0.05) is 5.56 Å². The predicted octanol–water partition coefficient (Wildman–Crippen LogP) is 4.93. The zero-order valence-corrected chi connectivity index (χ0v) is 15.0. The van der Waals surface area contributed by atoms with Crippen molar-refractivity contribution in [2.75, 3.05) is 0 Å². The molecule has 7 heteroatoms. The van der Waals surface area contributed by atoms with E-state index in [2.05, 4.69) is 10.5 Å². The summed E-state index contributed by atoms with van der Waals surface area (Å²) >= 11 is 11.9. The third kappa shape index (κ3) is 4.88. The van der Waals surface area contributed by atoms with Crippen LogP contribution in [0.1, 0.15) is 21.7 Å². The second kappa shape index (κ2) is 8.56. The molecule has 0 aliphatic carbocycles. The van der Waals surface area contributed by atoms with Crippen molar-refractivity contribution >= 4 is 35.3 Å². The number of nitrogens with zero attached hydrogens (tertiary/aromatic N) is 1. The van der Waals surface area contributed by atoms with Crippen LogP contribution in [-0.4, -0.2) is 12.1 Å². The smallest absolute Gasteiger partial charge is 0.271 e. The molecule has 1 aromatic heterocycles. The summed E-state index contributed by atoms with van der Waals surface area (Å²) in [6.45, 7) is 0.343. The average Bonchev–Trinajstić information content (AvgIpc) is 3.16. The third-order valence-corrected chi connectivity index (χ3v) is 4.15. The molecule has 0 aliphatic heterocycles.